The molecule has 2 rings (SSSR count). The van der Waals surface area contributed by atoms with Crippen LogP contribution in [0.4, 0.5) is 0 Å². The Balaban J connectivity index is 1.41. The summed E-state index contributed by atoms with van der Waals surface area (Å²) in [6.45, 7) is 7.88. The highest BCUT2D eigenvalue weighted by molar-refractivity contribution is 5.72. The number of rotatable bonds is 23. The van der Waals surface area contributed by atoms with E-state index in [0.717, 1.165) is 61.7 Å². The van der Waals surface area contributed by atoms with Crippen molar-refractivity contribution in [2.75, 3.05) is 53.1 Å². The van der Waals surface area contributed by atoms with Crippen LogP contribution in [0, 0.1) is 0 Å². The molecular formula is C33H58NO4+. The molecule has 0 spiro atoms. The molecular weight excluding hydrogens is 474 g/mol. The van der Waals surface area contributed by atoms with Crippen LogP contribution in [0.2, 0.25) is 0 Å². The van der Waals surface area contributed by atoms with Gasteiger partial charge in [-0.2, -0.15) is 0 Å². The zero-order valence-corrected chi connectivity index (χ0v) is 24.9. The van der Waals surface area contributed by atoms with Gasteiger partial charge in [-0.1, -0.05) is 115 Å². The Morgan fingerprint density at radius 3 is 1.92 bits per heavy atom. The van der Waals surface area contributed by atoms with Crippen molar-refractivity contribution in [3.63, 3.8) is 0 Å². The zero-order chi connectivity index (χ0) is 27.2. The maximum absolute atomic E-state index is 12.3. The van der Waals surface area contributed by atoms with E-state index in [0.29, 0.717) is 13.0 Å². The zero-order valence-electron chi connectivity index (χ0n) is 24.9. The lowest BCUT2D eigenvalue weighted by molar-refractivity contribution is -0.917. The first kappa shape index (κ1) is 32.6. The molecule has 0 radical (unpaired) electrons. The van der Waals surface area contributed by atoms with Crippen molar-refractivity contribution in [3.05, 3.63) is 29.8 Å². The van der Waals surface area contributed by atoms with E-state index in [1.807, 2.05) is 24.3 Å². The number of likely N-dealkylation sites (N-methyl/N-ethyl adjacent to an activating group) is 1. The SMILES string of the molecule is CCCCCCCCCCCCCCCCCCOc1cccc(CC(=O)OCC[N+]2(C)CCOCC2)c1. The van der Waals surface area contributed by atoms with Gasteiger partial charge in [0.1, 0.15) is 32.0 Å². The number of hydrogen-bond acceptors (Lipinski definition) is 4. The number of benzene rings is 1. The van der Waals surface area contributed by atoms with Gasteiger partial charge in [-0.25, -0.2) is 0 Å². The second-order valence-electron chi connectivity index (χ2n) is 11.6. The Morgan fingerprint density at radius 1 is 0.789 bits per heavy atom. The van der Waals surface area contributed by atoms with Crippen LogP contribution in [-0.2, 0) is 20.7 Å². The summed E-state index contributed by atoms with van der Waals surface area (Å²) in [4.78, 5) is 12.3. The van der Waals surface area contributed by atoms with Crippen LogP contribution in [0.15, 0.2) is 24.3 Å². The molecule has 1 aliphatic rings. The van der Waals surface area contributed by atoms with Crippen LogP contribution in [0.3, 0.4) is 0 Å². The first-order valence-electron chi connectivity index (χ1n) is 15.9. The second kappa shape index (κ2) is 21.3. The number of quaternary nitrogens is 1. The molecule has 38 heavy (non-hydrogen) atoms. The first-order valence-corrected chi connectivity index (χ1v) is 15.9. The third-order valence-electron chi connectivity index (χ3n) is 7.96. The van der Waals surface area contributed by atoms with Gasteiger partial charge in [0.2, 0.25) is 0 Å². The molecule has 1 fully saturated rings. The molecule has 0 unspecified atom stereocenters. The average molecular weight is 533 g/mol. The van der Waals surface area contributed by atoms with E-state index in [2.05, 4.69) is 14.0 Å². The lowest BCUT2D eigenvalue weighted by Crippen LogP contribution is -2.53. The number of nitrogens with zero attached hydrogens (tertiary/aromatic N) is 1. The quantitative estimate of drug-likeness (QED) is 0.0816. The highest BCUT2D eigenvalue weighted by Crippen LogP contribution is 2.17. The minimum Gasteiger partial charge on any atom is -0.494 e. The molecule has 0 saturated carbocycles. The molecule has 0 aromatic heterocycles. The summed E-state index contributed by atoms with van der Waals surface area (Å²) in [6.07, 6.45) is 22.3. The molecule has 218 valence electrons. The standard InChI is InChI=1S/C33H58NO4/c1-3-4-5-6-7-8-9-10-11-12-13-14-15-16-17-18-25-37-32-21-19-20-31(29-32)30-33(35)38-28-24-34(2)22-26-36-27-23-34/h19-21,29H,3-18,22-28,30H2,1-2H3/q+1. The Bertz CT molecular complexity index is 717. The molecule has 0 N–H and O–H groups in total. The third kappa shape index (κ3) is 16.4. The summed E-state index contributed by atoms with van der Waals surface area (Å²) in [6, 6.07) is 7.89. The van der Waals surface area contributed by atoms with Crippen LogP contribution in [0.1, 0.15) is 115 Å². The van der Waals surface area contributed by atoms with Crippen LogP contribution in [0.25, 0.3) is 0 Å². The summed E-state index contributed by atoms with van der Waals surface area (Å²) in [5.41, 5.74) is 0.950. The number of unbranched alkanes of at least 4 members (excludes halogenated alkanes) is 15. The number of hydrogen-bond donors (Lipinski definition) is 0. The monoisotopic (exact) mass is 532 g/mol. The summed E-state index contributed by atoms with van der Waals surface area (Å²) in [7, 11) is 2.20. The van der Waals surface area contributed by atoms with E-state index in [9.17, 15) is 4.79 Å². The predicted molar refractivity (Wildman–Crippen MR) is 158 cm³/mol. The van der Waals surface area contributed by atoms with Gasteiger partial charge in [-0.15, -0.1) is 0 Å². The summed E-state index contributed by atoms with van der Waals surface area (Å²) >= 11 is 0. The summed E-state index contributed by atoms with van der Waals surface area (Å²) in [5.74, 6) is 0.683. The number of carbonyl (C=O) groups excluding carboxylic acids is 1. The topological polar surface area (TPSA) is 44.8 Å². The van der Waals surface area contributed by atoms with Crippen LogP contribution < -0.4 is 4.74 Å². The number of esters is 1. The molecule has 1 aromatic carbocycles. The molecule has 1 aromatic rings. The molecule has 0 bridgehead atoms. The average Bonchev–Trinajstić information content (AvgIpc) is 2.91. The summed E-state index contributed by atoms with van der Waals surface area (Å²) in [5, 5.41) is 0. The van der Waals surface area contributed by atoms with Gasteiger partial charge in [0.05, 0.1) is 33.3 Å². The van der Waals surface area contributed by atoms with E-state index >= 15 is 0 Å². The molecule has 5 nitrogen and oxygen atoms in total. The van der Waals surface area contributed by atoms with Crippen molar-refractivity contribution < 1.29 is 23.5 Å². The van der Waals surface area contributed by atoms with Crippen molar-refractivity contribution >= 4 is 5.97 Å². The van der Waals surface area contributed by atoms with E-state index in [1.165, 1.54) is 96.3 Å². The maximum atomic E-state index is 12.3. The summed E-state index contributed by atoms with van der Waals surface area (Å²) < 4.78 is 17.8. The first-order chi connectivity index (χ1) is 18.6. The van der Waals surface area contributed by atoms with E-state index in [-0.39, 0.29) is 5.97 Å². The Morgan fingerprint density at radius 2 is 1.34 bits per heavy atom. The largest absolute Gasteiger partial charge is 0.494 e. The number of ether oxygens (including phenoxy) is 3. The van der Waals surface area contributed by atoms with Gasteiger partial charge in [-0.3, -0.25) is 4.79 Å². The Hall–Kier alpha value is -1.59. The third-order valence-corrected chi connectivity index (χ3v) is 7.96. The fourth-order valence-electron chi connectivity index (χ4n) is 5.19. The second-order valence-corrected chi connectivity index (χ2v) is 11.6. The fraction of sp³-hybridized carbons (Fsp3) is 0.788. The molecule has 0 aliphatic carbocycles. The molecule has 1 saturated heterocycles. The number of morpholine rings is 1. The normalized spacial score (nSPS) is 14.9. The minimum absolute atomic E-state index is 0.167. The highest BCUT2D eigenvalue weighted by atomic mass is 16.5. The van der Waals surface area contributed by atoms with Crippen LogP contribution in [0.5, 0.6) is 5.75 Å². The van der Waals surface area contributed by atoms with Crippen molar-refractivity contribution in [1.29, 1.82) is 0 Å². The number of carbonyl (C=O) groups is 1. The van der Waals surface area contributed by atoms with Crippen molar-refractivity contribution in [3.8, 4) is 5.75 Å². The maximum Gasteiger partial charge on any atom is 0.310 e. The molecule has 0 atom stereocenters. The van der Waals surface area contributed by atoms with Gasteiger partial charge in [0.25, 0.3) is 0 Å². The lowest BCUT2D eigenvalue weighted by atomic mass is 10.0. The molecule has 5 heteroatoms. The minimum atomic E-state index is -0.167. The van der Waals surface area contributed by atoms with Crippen molar-refractivity contribution in [1.82, 2.24) is 0 Å². The van der Waals surface area contributed by atoms with Crippen LogP contribution in [-0.4, -0.2) is 63.6 Å². The van der Waals surface area contributed by atoms with E-state index in [4.69, 9.17) is 14.2 Å². The van der Waals surface area contributed by atoms with Gasteiger partial charge in [0, 0.05) is 0 Å². The highest BCUT2D eigenvalue weighted by Gasteiger charge is 2.25. The Kier molecular flexibility index (Phi) is 18.2. The van der Waals surface area contributed by atoms with Crippen LogP contribution >= 0.6 is 0 Å². The smallest absolute Gasteiger partial charge is 0.310 e. The Labute approximate surface area is 234 Å². The van der Waals surface area contributed by atoms with Gasteiger partial charge in [0.15, 0.2) is 0 Å². The molecule has 1 heterocycles. The van der Waals surface area contributed by atoms with Crippen molar-refractivity contribution in [2.45, 2.75) is 116 Å². The molecule has 0 amide bonds. The van der Waals surface area contributed by atoms with Gasteiger partial charge < -0.3 is 18.7 Å². The van der Waals surface area contributed by atoms with Gasteiger partial charge in [-0.05, 0) is 24.1 Å². The predicted octanol–water partition coefficient (Wildman–Crippen LogP) is 7.89. The lowest BCUT2D eigenvalue weighted by Gasteiger charge is -2.37. The van der Waals surface area contributed by atoms with E-state index < -0.39 is 0 Å². The van der Waals surface area contributed by atoms with Gasteiger partial charge >= 0.3 is 5.97 Å². The fourth-order valence-corrected chi connectivity index (χ4v) is 5.19. The molecule has 1 aliphatic heterocycles. The van der Waals surface area contributed by atoms with Crippen molar-refractivity contribution in [2.24, 2.45) is 0 Å². The van der Waals surface area contributed by atoms with E-state index in [1.54, 1.807) is 0 Å².